The Hall–Kier alpha value is -1.10. The first kappa shape index (κ1) is 18.0. The van der Waals surface area contributed by atoms with E-state index in [-0.39, 0.29) is 17.4 Å². The van der Waals surface area contributed by atoms with Gasteiger partial charge < -0.3 is 16.2 Å². The van der Waals surface area contributed by atoms with Crippen molar-refractivity contribution in [1.29, 1.82) is 0 Å². The van der Waals surface area contributed by atoms with Crippen LogP contribution in [0, 0.1) is 10.8 Å². The highest BCUT2D eigenvalue weighted by molar-refractivity contribution is 5.92. The van der Waals surface area contributed by atoms with E-state index in [0.29, 0.717) is 25.2 Å². The van der Waals surface area contributed by atoms with Gasteiger partial charge in [-0.05, 0) is 32.1 Å². The van der Waals surface area contributed by atoms with Crippen LogP contribution in [0.4, 0.5) is 0 Å². The molecule has 3 unspecified atom stereocenters. The van der Waals surface area contributed by atoms with E-state index < -0.39 is 11.5 Å². The minimum absolute atomic E-state index is 0.121. The molecule has 0 bridgehead atoms. The van der Waals surface area contributed by atoms with Crippen LogP contribution in [-0.4, -0.2) is 35.5 Å². The first-order valence-corrected chi connectivity index (χ1v) is 7.91. The number of carbonyl (C=O) groups excluding carboxylic acids is 1. The molecule has 5 nitrogen and oxygen atoms in total. The first-order valence-electron chi connectivity index (χ1n) is 7.91. The Balaban J connectivity index is 2.93. The average molecular weight is 297 g/mol. The number of rotatable bonds is 4. The maximum Gasteiger partial charge on any atom is 0.229 e. The Morgan fingerprint density at radius 1 is 1.48 bits per heavy atom. The van der Waals surface area contributed by atoms with Crippen LogP contribution in [0.1, 0.15) is 60.3 Å². The zero-order valence-corrected chi connectivity index (χ0v) is 14.1. The molecule has 1 aliphatic carbocycles. The van der Waals surface area contributed by atoms with Crippen molar-refractivity contribution in [2.75, 3.05) is 6.54 Å². The second kappa shape index (κ2) is 6.77. The van der Waals surface area contributed by atoms with Gasteiger partial charge in [-0.3, -0.25) is 9.79 Å². The van der Waals surface area contributed by atoms with Crippen LogP contribution in [0.25, 0.3) is 0 Å². The third-order valence-electron chi connectivity index (χ3n) is 4.46. The molecule has 0 aromatic rings. The number of aliphatic hydroxyl groups excluding tert-OH is 1. The van der Waals surface area contributed by atoms with Crippen molar-refractivity contribution in [2.24, 2.45) is 21.6 Å². The van der Waals surface area contributed by atoms with E-state index in [2.05, 4.69) is 10.3 Å². The molecule has 5 heteroatoms. The number of carbonyl (C=O) groups is 1. The van der Waals surface area contributed by atoms with Crippen LogP contribution in [-0.2, 0) is 4.79 Å². The summed E-state index contributed by atoms with van der Waals surface area (Å²) in [4.78, 5) is 17.0. The number of aliphatic hydroxyl groups is 1. The Labute approximate surface area is 128 Å². The van der Waals surface area contributed by atoms with Crippen LogP contribution < -0.4 is 11.1 Å². The molecular formula is C16H31N3O2. The van der Waals surface area contributed by atoms with Gasteiger partial charge >= 0.3 is 0 Å². The molecule has 1 saturated carbocycles. The number of nitrogens with two attached hydrogens (primary N) is 1. The molecule has 21 heavy (non-hydrogen) atoms. The van der Waals surface area contributed by atoms with Crippen LogP contribution in [0.5, 0.6) is 0 Å². The maximum absolute atomic E-state index is 12.7. The number of hydrogen-bond donors (Lipinski definition) is 3. The Bertz CT molecular complexity index is 401. The predicted molar refractivity (Wildman–Crippen MR) is 86.1 cm³/mol. The van der Waals surface area contributed by atoms with Crippen LogP contribution in [0.2, 0.25) is 0 Å². The number of hydrogen-bond acceptors (Lipinski definition) is 3. The molecule has 0 radical (unpaired) electrons. The van der Waals surface area contributed by atoms with Gasteiger partial charge in [-0.25, -0.2) is 0 Å². The van der Waals surface area contributed by atoms with Crippen molar-refractivity contribution < 1.29 is 9.90 Å². The monoisotopic (exact) mass is 297 g/mol. The number of amides is 1. The molecule has 4 N–H and O–H groups in total. The van der Waals surface area contributed by atoms with Crippen molar-refractivity contribution >= 4 is 11.7 Å². The third kappa shape index (κ3) is 4.19. The molecule has 0 saturated heterocycles. The largest absolute Gasteiger partial charge is 0.392 e. The van der Waals surface area contributed by atoms with Crippen LogP contribution in [0.15, 0.2) is 4.99 Å². The van der Waals surface area contributed by atoms with Crippen LogP contribution in [0.3, 0.4) is 0 Å². The number of aliphatic imine (C=N–C) groups is 1. The molecule has 0 spiro atoms. The lowest BCUT2D eigenvalue weighted by Crippen LogP contribution is -2.58. The van der Waals surface area contributed by atoms with E-state index >= 15 is 0 Å². The van der Waals surface area contributed by atoms with E-state index in [0.717, 1.165) is 12.8 Å². The van der Waals surface area contributed by atoms with Gasteiger partial charge in [0.15, 0.2) is 0 Å². The molecule has 0 aromatic heterocycles. The zero-order chi connectivity index (χ0) is 16.3. The Kier molecular flexibility index (Phi) is 5.79. The quantitative estimate of drug-likeness (QED) is 0.546. The molecule has 1 rings (SSSR count). The predicted octanol–water partition coefficient (Wildman–Crippen LogP) is 1.84. The second-order valence-electron chi connectivity index (χ2n) is 7.35. The summed E-state index contributed by atoms with van der Waals surface area (Å²) in [5.74, 6) is 0.330. The van der Waals surface area contributed by atoms with Gasteiger partial charge in [0, 0.05) is 6.54 Å². The molecule has 3 atom stereocenters. The summed E-state index contributed by atoms with van der Waals surface area (Å²) in [7, 11) is 0. The second-order valence-corrected chi connectivity index (χ2v) is 7.35. The molecular weight excluding hydrogens is 266 g/mol. The standard InChI is InChI=1S/C16H31N3O2/c1-6-18-13(17)12(15(2,3)4)19-14(21)16(5)10-8-7-9-11(16)20/h11-12,20H,6-10H2,1-5H3,(H2,17,18)(H,19,21). The Morgan fingerprint density at radius 3 is 2.57 bits per heavy atom. The summed E-state index contributed by atoms with van der Waals surface area (Å²) in [5, 5.41) is 13.3. The molecule has 1 amide bonds. The molecule has 1 aliphatic rings. The van der Waals surface area contributed by atoms with Gasteiger partial charge in [0.05, 0.1) is 17.6 Å². The van der Waals surface area contributed by atoms with Gasteiger partial charge in [-0.1, -0.05) is 33.6 Å². The average Bonchev–Trinajstić information content (AvgIpc) is 2.38. The molecule has 0 aromatic carbocycles. The zero-order valence-electron chi connectivity index (χ0n) is 14.1. The fourth-order valence-electron chi connectivity index (χ4n) is 2.88. The summed E-state index contributed by atoms with van der Waals surface area (Å²) >= 11 is 0. The fourth-order valence-corrected chi connectivity index (χ4v) is 2.88. The molecule has 122 valence electrons. The van der Waals surface area contributed by atoms with Gasteiger partial charge in [-0.15, -0.1) is 0 Å². The van der Waals surface area contributed by atoms with Crippen molar-refractivity contribution in [3.05, 3.63) is 0 Å². The summed E-state index contributed by atoms with van der Waals surface area (Å²) < 4.78 is 0. The minimum Gasteiger partial charge on any atom is -0.392 e. The van der Waals surface area contributed by atoms with Crippen LogP contribution >= 0.6 is 0 Å². The highest BCUT2D eigenvalue weighted by Crippen LogP contribution is 2.37. The minimum atomic E-state index is -0.728. The van der Waals surface area contributed by atoms with E-state index in [1.54, 1.807) is 0 Å². The number of nitrogens with one attached hydrogen (secondary N) is 1. The number of amidine groups is 1. The molecule has 1 fully saturated rings. The fraction of sp³-hybridized carbons (Fsp3) is 0.875. The van der Waals surface area contributed by atoms with Gasteiger partial charge in [-0.2, -0.15) is 0 Å². The van der Waals surface area contributed by atoms with Gasteiger partial charge in [0.2, 0.25) is 5.91 Å². The smallest absolute Gasteiger partial charge is 0.229 e. The van der Waals surface area contributed by atoms with Crippen molar-refractivity contribution in [1.82, 2.24) is 5.32 Å². The lowest BCUT2D eigenvalue weighted by atomic mass is 9.72. The highest BCUT2D eigenvalue weighted by atomic mass is 16.3. The lowest BCUT2D eigenvalue weighted by Gasteiger charge is -2.40. The maximum atomic E-state index is 12.7. The summed E-state index contributed by atoms with van der Waals surface area (Å²) in [6, 6.07) is -0.323. The van der Waals surface area contributed by atoms with Crippen molar-refractivity contribution in [3.63, 3.8) is 0 Å². The lowest BCUT2D eigenvalue weighted by molar-refractivity contribution is -0.140. The van der Waals surface area contributed by atoms with Crippen molar-refractivity contribution in [2.45, 2.75) is 72.4 Å². The summed E-state index contributed by atoms with van der Waals surface area (Å²) in [6.07, 6.45) is 2.76. The van der Waals surface area contributed by atoms with E-state index in [9.17, 15) is 9.90 Å². The Morgan fingerprint density at radius 2 is 2.10 bits per heavy atom. The van der Waals surface area contributed by atoms with Crippen molar-refractivity contribution in [3.8, 4) is 0 Å². The highest BCUT2D eigenvalue weighted by Gasteiger charge is 2.44. The van der Waals surface area contributed by atoms with E-state index in [1.807, 2.05) is 34.6 Å². The van der Waals surface area contributed by atoms with E-state index in [4.69, 9.17) is 5.73 Å². The topological polar surface area (TPSA) is 87.7 Å². The first-order chi connectivity index (χ1) is 9.63. The SMILES string of the molecule is CCN=C(N)C(NC(=O)C1(C)CCCCC1O)C(C)(C)C. The number of nitrogens with zero attached hydrogens (tertiary/aromatic N) is 1. The summed E-state index contributed by atoms with van der Waals surface area (Å²) in [6.45, 7) is 10.4. The van der Waals surface area contributed by atoms with E-state index in [1.165, 1.54) is 0 Å². The van der Waals surface area contributed by atoms with Gasteiger partial charge in [0.25, 0.3) is 0 Å². The third-order valence-corrected chi connectivity index (χ3v) is 4.46. The normalized spacial score (nSPS) is 29.0. The molecule has 0 aliphatic heterocycles. The molecule has 0 heterocycles. The summed E-state index contributed by atoms with van der Waals surface area (Å²) in [5.41, 5.74) is 5.09. The van der Waals surface area contributed by atoms with Gasteiger partial charge in [0.1, 0.15) is 5.84 Å².